The van der Waals surface area contributed by atoms with Crippen molar-refractivity contribution in [2.45, 2.75) is 105 Å². The Morgan fingerprint density at radius 3 is 2.27 bits per heavy atom. The fourth-order valence-corrected chi connectivity index (χ4v) is 8.10. The molecule has 0 aliphatic carbocycles. The predicted molar refractivity (Wildman–Crippen MR) is 225 cm³/mol. The lowest BCUT2D eigenvalue weighted by atomic mass is 9.78. The molecule has 1 amide bonds. The van der Waals surface area contributed by atoms with Crippen LogP contribution in [0.1, 0.15) is 89.2 Å². The summed E-state index contributed by atoms with van der Waals surface area (Å²) in [7, 11) is 1.43. The van der Waals surface area contributed by atoms with E-state index in [1.54, 1.807) is 46.2 Å². The number of hydrogen-bond acceptors (Lipinski definition) is 14. The number of ether oxygens (including phenoxy) is 4. The second-order valence-electron chi connectivity index (χ2n) is 16.2. The number of anilines is 1. The van der Waals surface area contributed by atoms with Gasteiger partial charge in [-0.25, -0.2) is 0 Å². The van der Waals surface area contributed by atoms with E-state index < -0.39 is 88.8 Å². The molecule has 16 nitrogen and oxygen atoms in total. The Morgan fingerprint density at radius 2 is 1.62 bits per heavy atom. The van der Waals surface area contributed by atoms with E-state index in [4.69, 9.17) is 18.9 Å². The Morgan fingerprint density at radius 1 is 0.933 bits per heavy atom. The molecule has 0 aromatic heterocycles. The summed E-state index contributed by atoms with van der Waals surface area (Å²) in [5, 5.41) is 68.6. The summed E-state index contributed by atoms with van der Waals surface area (Å²) >= 11 is 0. The first kappa shape index (κ1) is 45.6. The number of Topliss-reactive ketones (excluding diaryl/α,β-unsaturated/α-hetero) is 1. The quantitative estimate of drug-likeness (QED) is 0.0539. The van der Waals surface area contributed by atoms with Crippen LogP contribution in [0.4, 0.5) is 5.69 Å². The number of piperidine rings is 1. The van der Waals surface area contributed by atoms with Gasteiger partial charge in [0.1, 0.15) is 29.7 Å². The molecule has 326 valence electrons. The van der Waals surface area contributed by atoms with Gasteiger partial charge in [0.25, 0.3) is 11.7 Å². The van der Waals surface area contributed by atoms with E-state index in [0.717, 1.165) is 38.6 Å². The van der Waals surface area contributed by atoms with Crippen LogP contribution in [-0.4, -0.2) is 111 Å². The highest BCUT2D eigenvalue weighted by molar-refractivity contribution is 6.23. The highest BCUT2D eigenvalue weighted by Gasteiger charge is 2.50. The van der Waals surface area contributed by atoms with Crippen LogP contribution in [-0.2, 0) is 23.8 Å². The van der Waals surface area contributed by atoms with Crippen LogP contribution < -0.4 is 10.1 Å². The summed E-state index contributed by atoms with van der Waals surface area (Å²) < 4.78 is 23.6. The van der Waals surface area contributed by atoms with Crippen LogP contribution in [0.5, 0.6) is 23.0 Å². The number of aromatic hydroxyl groups is 3. The molecule has 0 radical (unpaired) electrons. The van der Waals surface area contributed by atoms with Gasteiger partial charge in [0.15, 0.2) is 5.75 Å². The van der Waals surface area contributed by atoms with Crippen LogP contribution in [0.15, 0.2) is 46.3 Å². The smallest absolute Gasteiger partial charge is 0.312 e. The maximum atomic E-state index is 14.4. The minimum absolute atomic E-state index is 0.0408. The van der Waals surface area contributed by atoms with Crippen molar-refractivity contribution in [3.63, 3.8) is 0 Å². The molecule has 6 rings (SSSR count). The zero-order valence-electron chi connectivity index (χ0n) is 35.6. The Labute approximate surface area is 349 Å². The minimum Gasteiger partial charge on any atom is -0.507 e. The molecule has 16 heteroatoms. The zero-order valence-corrected chi connectivity index (χ0v) is 35.6. The number of esters is 1. The monoisotopic (exact) mass is 834 g/mol. The Kier molecular flexibility index (Phi) is 14.3. The number of allylic oxidation sites excluding steroid dienone is 2. The molecule has 2 aromatic carbocycles. The first-order valence-electron chi connectivity index (χ1n) is 20.2. The molecule has 1 saturated heterocycles. The number of methoxy groups -OCH3 is 1. The van der Waals surface area contributed by atoms with Gasteiger partial charge in [-0.3, -0.25) is 14.4 Å². The molecule has 60 heavy (non-hydrogen) atoms. The maximum Gasteiger partial charge on any atom is 0.312 e. The van der Waals surface area contributed by atoms with Gasteiger partial charge in [0.2, 0.25) is 0 Å². The largest absolute Gasteiger partial charge is 0.507 e. The third kappa shape index (κ3) is 9.15. The van der Waals surface area contributed by atoms with Gasteiger partial charge >= 0.3 is 11.8 Å². The van der Waals surface area contributed by atoms with Gasteiger partial charge in [-0.2, -0.15) is 5.10 Å². The minimum atomic E-state index is -2.06. The second kappa shape index (κ2) is 18.9. The van der Waals surface area contributed by atoms with E-state index >= 15 is 0 Å². The highest BCUT2D eigenvalue weighted by atomic mass is 16.7. The maximum absolute atomic E-state index is 14.4. The number of carbonyl (C=O) groups is 3. The van der Waals surface area contributed by atoms with E-state index in [1.807, 2.05) is 4.90 Å². The lowest BCUT2D eigenvalue weighted by Gasteiger charge is -2.38. The topological polar surface area (TPSA) is 229 Å². The second-order valence-corrected chi connectivity index (χ2v) is 16.2. The number of hydrogen-bond donors (Lipinski definition) is 6. The van der Waals surface area contributed by atoms with Gasteiger partial charge in [-0.1, -0.05) is 45.9 Å². The van der Waals surface area contributed by atoms with Gasteiger partial charge in [-0.15, -0.1) is 5.10 Å². The van der Waals surface area contributed by atoms with E-state index in [9.17, 15) is 39.9 Å². The van der Waals surface area contributed by atoms with E-state index in [1.165, 1.54) is 53.2 Å². The fraction of sp³-hybridized carbons (Fsp3) is 0.523. The number of phenols is 3. The van der Waals surface area contributed by atoms with Crippen LogP contribution in [0.25, 0.3) is 10.8 Å². The van der Waals surface area contributed by atoms with Crippen LogP contribution in [0.2, 0.25) is 0 Å². The Bertz CT molecular complexity index is 2120. The zero-order chi connectivity index (χ0) is 44.2. The summed E-state index contributed by atoms with van der Waals surface area (Å²) in [5.41, 5.74) is -0.544. The number of nitrogens with zero attached hydrogens (tertiary/aromatic N) is 3. The standard InChI is InChI=1S/C44H58N4O12/c1-22-14-13-15-23(2)43(56)47-34-29(20-45-46-21-48-17-11-10-12-18-48)38(53)31-32(39(34)54)37(52)27(6)41-33(31)42(55)44(8,60-41)58-19-16-30(57-9)24(3)40(59-28(7)49)26(5)36(51)25(4)35(22)50/h13-16,19-22,24-26,30,35-36,40,50-54H,10-12,17-18H2,1-9H3,(H,47,56)/t22-,24+,25+,26+,30-,35-,36+,40+,44-/m0/s1. The lowest BCUT2D eigenvalue weighted by molar-refractivity contribution is -0.160. The van der Waals surface area contributed by atoms with Gasteiger partial charge in [-0.05, 0) is 39.2 Å². The number of rotatable bonds is 5. The highest BCUT2D eigenvalue weighted by Crippen LogP contribution is 2.55. The number of ketones is 1. The summed E-state index contributed by atoms with van der Waals surface area (Å²) in [6.45, 7) is 14.1. The number of nitrogens with one attached hydrogen (secondary N) is 1. The molecule has 4 heterocycles. The molecule has 1 fully saturated rings. The van der Waals surface area contributed by atoms with Crippen LogP contribution >= 0.6 is 0 Å². The van der Waals surface area contributed by atoms with Crippen molar-refractivity contribution in [1.29, 1.82) is 0 Å². The molecule has 4 aliphatic rings. The molecule has 5 bridgehead atoms. The Balaban J connectivity index is 1.69. The number of amides is 1. The van der Waals surface area contributed by atoms with E-state index in [-0.39, 0.29) is 44.5 Å². The molecule has 2 aromatic rings. The van der Waals surface area contributed by atoms with Crippen molar-refractivity contribution in [2.24, 2.45) is 33.9 Å². The molecular formula is C44H58N4O12. The molecule has 0 saturated carbocycles. The SMILES string of the molecule is CO[C@H]1C=CO[C@@]2(C)Oc3c(C)c(O)c4c(O)c(c(C=NN=CN5CCCCC5)c(O)c4c3C2=O)NC(=O)C(C)=CC=C[C@H](C)[C@H](O)[C@@H](C)[C@@H](O)[C@@H](C)[C@H](OC(C)=O)[C@@H]1C. The predicted octanol–water partition coefficient (Wildman–Crippen LogP) is 5.60. The molecule has 0 unspecified atom stereocenters. The van der Waals surface area contributed by atoms with Gasteiger partial charge in [0.05, 0.1) is 53.0 Å². The number of phenolic OH excluding ortho intramolecular Hbond substituents is 3. The number of likely N-dealkylation sites (tertiary alicyclic amines) is 1. The first-order valence-corrected chi connectivity index (χ1v) is 20.2. The normalized spacial score (nSPS) is 29.6. The molecule has 6 N–H and O–H groups in total. The number of fused-ring (bicyclic) bond motifs is 14. The fourth-order valence-electron chi connectivity index (χ4n) is 8.10. The van der Waals surface area contributed by atoms with Gasteiger partial charge < -0.3 is 54.7 Å². The summed E-state index contributed by atoms with van der Waals surface area (Å²) in [5.74, 6) is -8.56. The van der Waals surface area contributed by atoms with E-state index in [2.05, 4.69) is 15.5 Å². The van der Waals surface area contributed by atoms with Crippen molar-refractivity contribution in [1.82, 2.24) is 4.90 Å². The number of aliphatic hydroxyl groups is 2. The van der Waals surface area contributed by atoms with Crippen molar-refractivity contribution < 1.29 is 58.9 Å². The Hall–Kier alpha value is -5.45. The number of carbonyl (C=O) groups excluding carboxylic acids is 3. The molecule has 9 atom stereocenters. The lowest BCUT2D eigenvalue weighted by Crippen LogP contribution is -2.46. The molecule has 4 aliphatic heterocycles. The van der Waals surface area contributed by atoms with E-state index in [0.29, 0.717) is 0 Å². The summed E-state index contributed by atoms with van der Waals surface area (Å²) in [6, 6.07) is 0. The number of benzene rings is 2. The summed E-state index contributed by atoms with van der Waals surface area (Å²) in [6.07, 6.45) is 9.29. The van der Waals surface area contributed by atoms with Crippen molar-refractivity contribution in [3.05, 3.63) is 52.8 Å². The molecule has 0 spiro atoms. The van der Waals surface area contributed by atoms with Crippen LogP contribution in [0.3, 0.4) is 0 Å². The van der Waals surface area contributed by atoms with Crippen LogP contribution in [0, 0.1) is 30.6 Å². The average Bonchev–Trinajstić information content (AvgIpc) is 3.48. The van der Waals surface area contributed by atoms with Gasteiger partial charge in [0, 0.05) is 74.2 Å². The summed E-state index contributed by atoms with van der Waals surface area (Å²) in [4.78, 5) is 42.4. The first-order chi connectivity index (χ1) is 28.3. The van der Waals surface area contributed by atoms with Crippen molar-refractivity contribution in [2.75, 3.05) is 25.5 Å². The third-order valence-corrected chi connectivity index (χ3v) is 11.9. The van der Waals surface area contributed by atoms with Crippen molar-refractivity contribution >= 4 is 46.7 Å². The number of aliphatic hydroxyl groups excluding tert-OH is 2. The average molecular weight is 835 g/mol. The molecular weight excluding hydrogens is 776 g/mol. The van der Waals surface area contributed by atoms with Crippen molar-refractivity contribution in [3.8, 4) is 23.0 Å². The third-order valence-electron chi connectivity index (χ3n) is 11.9.